The number of aromatic nitrogens is 3. The van der Waals surface area contributed by atoms with Gasteiger partial charge in [-0.05, 0) is 6.42 Å². The molecule has 0 aromatic carbocycles. The van der Waals surface area contributed by atoms with Gasteiger partial charge in [0.1, 0.15) is 0 Å². The minimum absolute atomic E-state index is 0.0721. The van der Waals surface area contributed by atoms with E-state index in [-0.39, 0.29) is 30.9 Å². The number of amides is 2. The van der Waals surface area contributed by atoms with Crippen molar-refractivity contribution < 1.29 is 19.1 Å². The second-order valence-electron chi connectivity index (χ2n) is 5.44. The largest absolute Gasteiger partial charge is 0.467 e. The number of hydrogen-bond donors (Lipinski definition) is 2. The molecule has 25 heavy (non-hydrogen) atoms. The summed E-state index contributed by atoms with van der Waals surface area (Å²) < 4.78 is 10.4. The number of methoxy groups -OCH3 is 1. The number of carbonyl (C=O) groups excluding carboxylic acids is 2. The van der Waals surface area contributed by atoms with Crippen LogP contribution in [0, 0.1) is 0 Å². The lowest BCUT2D eigenvalue weighted by Gasteiger charge is -2.26. The molecule has 138 valence electrons. The van der Waals surface area contributed by atoms with E-state index in [0.717, 1.165) is 6.42 Å². The minimum Gasteiger partial charge on any atom is -0.467 e. The number of nitrogens with zero attached hydrogens (tertiary/aromatic N) is 4. The molecule has 0 saturated carbocycles. The molecule has 1 aromatic heterocycles. The maximum absolute atomic E-state index is 11.8. The maximum atomic E-state index is 11.8. The van der Waals surface area contributed by atoms with Gasteiger partial charge in [0, 0.05) is 19.5 Å². The molecule has 0 spiro atoms. The second-order valence-corrected chi connectivity index (χ2v) is 5.44. The van der Waals surface area contributed by atoms with E-state index >= 15 is 0 Å². The van der Waals surface area contributed by atoms with Crippen LogP contribution in [0.5, 0.6) is 6.01 Å². The summed E-state index contributed by atoms with van der Waals surface area (Å²) in [6, 6.07) is 0.192. The molecule has 2 N–H and O–H groups in total. The summed E-state index contributed by atoms with van der Waals surface area (Å²) in [5.74, 6) is 0.433. The van der Waals surface area contributed by atoms with E-state index in [4.69, 9.17) is 9.47 Å². The first-order valence-corrected chi connectivity index (χ1v) is 8.27. The fraction of sp³-hybridized carbons (Fsp3) is 0.667. The van der Waals surface area contributed by atoms with Crippen molar-refractivity contribution in [1.29, 1.82) is 0 Å². The van der Waals surface area contributed by atoms with Gasteiger partial charge in [-0.1, -0.05) is 6.92 Å². The molecule has 2 rings (SSSR count). The van der Waals surface area contributed by atoms with Gasteiger partial charge in [0.15, 0.2) is 5.82 Å². The lowest BCUT2D eigenvalue weighted by molar-refractivity contribution is -0.126. The molecule has 0 aliphatic carbocycles. The van der Waals surface area contributed by atoms with Crippen LogP contribution in [0.4, 0.5) is 5.95 Å². The fourth-order valence-electron chi connectivity index (χ4n) is 2.20. The van der Waals surface area contributed by atoms with Crippen molar-refractivity contribution in [3.63, 3.8) is 0 Å². The summed E-state index contributed by atoms with van der Waals surface area (Å²) >= 11 is 0. The number of nitrogens with one attached hydrogen (secondary N) is 2. The van der Waals surface area contributed by atoms with Crippen molar-refractivity contribution in [3.8, 4) is 6.01 Å². The van der Waals surface area contributed by atoms with Gasteiger partial charge in [0.25, 0.3) is 0 Å². The highest BCUT2D eigenvalue weighted by Crippen LogP contribution is 2.13. The predicted octanol–water partition coefficient (Wildman–Crippen LogP) is -0.751. The van der Waals surface area contributed by atoms with Gasteiger partial charge >= 0.3 is 6.01 Å². The molecule has 0 unspecified atom stereocenters. The van der Waals surface area contributed by atoms with Crippen molar-refractivity contribution in [1.82, 2.24) is 25.6 Å². The van der Waals surface area contributed by atoms with Gasteiger partial charge in [-0.2, -0.15) is 15.0 Å². The highest BCUT2D eigenvalue weighted by Gasteiger charge is 2.17. The third-order valence-corrected chi connectivity index (χ3v) is 3.49. The van der Waals surface area contributed by atoms with Crippen LogP contribution in [0.15, 0.2) is 0 Å². The van der Waals surface area contributed by atoms with Gasteiger partial charge in [-0.15, -0.1) is 0 Å². The molecule has 2 amide bonds. The molecular formula is C15H24N6O4. The Morgan fingerprint density at radius 2 is 1.92 bits per heavy atom. The molecule has 0 bridgehead atoms. The number of ether oxygens (including phenoxy) is 2. The van der Waals surface area contributed by atoms with Gasteiger partial charge in [-0.3, -0.25) is 9.59 Å². The summed E-state index contributed by atoms with van der Waals surface area (Å²) in [7, 11) is 1.48. The van der Waals surface area contributed by atoms with Crippen LogP contribution < -0.4 is 20.3 Å². The standard InChI is InChI=1S/C15H24N6O4/c1-3-4-12(22)17-10-13(23)16-9-11-18-14(20-15(19-11)24-2)21-5-7-25-8-6-21/h3-10H2,1-2H3,(H,16,23)(H,17,22). The van der Waals surface area contributed by atoms with Gasteiger partial charge in [-0.25, -0.2) is 0 Å². The first kappa shape index (κ1) is 18.8. The second kappa shape index (κ2) is 9.72. The quantitative estimate of drug-likeness (QED) is 0.627. The van der Waals surface area contributed by atoms with Crippen LogP contribution >= 0.6 is 0 Å². The number of carbonyl (C=O) groups is 2. The zero-order valence-corrected chi connectivity index (χ0v) is 14.6. The van der Waals surface area contributed by atoms with Crippen LogP contribution in [0.3, 0.4) is 0 Å². The van der Waals surface area contributed by atoms with E-state index < -0.39 is 0 Å². The van der Waals surface area contributed by atoms with Gasteiger partial charge < -0.3 is 25.0 Å². The Balaban J connectivity index is 1.92. The molecule has 0 radical (unpaired) electrons. The van der Waals surface area contributed by atoms with E-state index in [1.165, 1.54) is 7.11 Å². The predicted molar refractivity (Wildman–Crippen MR) is 89.2 cm³/mol. The van der Waals surface area contributed by atoms with Gasteiger partial charge in [0.2, 0.25) is 17.8 Å². The highest BCUT2D eigenvalue weighted by atomic mass is 16.5. The zero-order valence-electron chi connectivity index (χ0n) is 14.6. The smallest absolute Gasteiger partial charge is 0.321 e. The monoisotopic (exact) mass is 352 g/mol. The third kappa shape index (κ3) is 6.14. The average Bonchev–Trinajstić information content (AvgIpc) is 2.65. The SMILES string of the molecule is CCCC(=O)NCC(=O)NCc1nc(OC)nc(N2CCOCC2)n1. The molecule has 1 fully saturated rings. The van der Waals surface area contributed by atoms with E-state index in [1.54, 1.807) is 0 Å². The van der Waals surface area contributed by atoms with Crippen LogP contribution in [-0.4, -0.2) is 66.7 Å². The number of hydrogen-bond acceptors (Lipinski definition) is 8. The molecule has 1 aromatic rings. The minimum atomic E-state index is -0.309. The van der Waals surface area contributed by atoms with E-state index in [0.29, 0.717) is 44.5 Å². The van der Waals surface area contributed by atoms with Crippen LogP contribution in [0.2, 0.25) is 0 Å². The number of anilines is 1. The lowest BCUT2D eigenvalue weighted by Crippen LogP contribution is -2.38. The highest BCUT2D eigenvalue weighted by molar-refractivity contribution is 5.84. The van der Waals surface area contributed by atoms with Gasteiger partial charge in [0.05, 0.1) is 33.4 Å². The van der Waals surface area contributed by atoms with Crippen LogP contribution in [0.1, 0.15) is 25.6 Å². The van der Waals surface area contributed by atoms with Crippen LogP contribution in [0.25, 0.3) is 0 Å². The number of rotatable bonds is 8. The number of morpholine rings is 1. The maximum Gasteiger partial charge on any atom is 0.321 e. The molecule has 2 heterocycles. The summed E-state index contributed by atoms with van der Waals surface area (Å²) in [5.41, 5.74) is 0. The Bertz CT molecular complexity index is 591. The molecule has 10 nitrogen and oxygen atoms in total. The van der Waals surface area contributed by atoms with Crippen molar-refractivity contribution in [2.24, 2.45) is 0 Å². The Labute approximate surface area is 146 Å². The van der Waals surface area contributed by atoms with Crippen molar-refractivity contribution in [2.75, 3.05) is 44.9 Å². The molecule has 1 aliphatic rings. The normalized spacial score (nSPS) is 14.1. The molecule has 0 atom stereocenters. The third-order valence-electron chi connectivity index (χ3n) is 3.49. The Kier molecular flexibility index (Phi) is 7.33. The Hall–Kier alpha value is -2.49. The van der Waals surface area contributed by atoms with Crippen molar-refractivity contribution >= 4 is 17.8 Å². The van der Waals surface area contributed by atoms with Crippen LogP contribution in [-0.2, 0) is 20.9 Å². The Morgan fingerprint density at radius 1 is 1.16 bits per heavy atom. The van der Waals surface area contributed by atoms with Crippen molar-refractivity contribution in [3.05, 3.63) is 5.82 Å². The average molecular weight is 352 g/mol. The van der Waals surface area contributed by atoms with E-state index in [1.807, 2.05) is 11.8 Å². The summed E-state index contributed by atoms with van der Waals surface area (Å²) in [6.07, 6.45) is 1.14. The summed E-state index contributed by atoms with van der Waals surface area (Å²) in [5, 5.41) is 5.23. The molecule has 1 aliphatic heterocycles. The molecule has 1 saturated heterocycles. The molecule has 10 heteroatoms. The van der Waals surface area contributed by atoms with E-state index in [2.05, 4.69) is 25.6 Å². The first-order chi connectivity index (χ1) is 12.1. The summed E-state index contributed by atoms with van der Waals surface area (Å²) in [6.45, 7) is 4.54. The lowest BCUT2D eigenvalue weighted by atomic mass is 10.3. The first-order valence-electron chi connectivity index (χ1n) is 8.27. The zero-order chi connectivity index (χ0) is 18.1. The topological polar surface area (TPSA) is 119 Å². The molecular weight excluding hydrogens is 328 g/mol. The fourth-order valence-corrected chi connectivity index (χ4v) is 2.20. The Morgan fingerprint density at radius 3 is 2.60 bits per heavy atom. The van der Waals surface area contributed by atoms with Crippen molar-refractivity contribution in [2.45, 2.75) is 26.3 Å². The summed E-state index contributed by atoms with van der Waals surface area (Å²) in [4.78, 5) is 37.9. The van der Waals surface area contributed by atoms with E-state index in [9.17, 15) is 9.59 Å².